The first-order valence-corrected chi connectivity index (χ1v) is 6.00. The smallest absolute Gasteiger partial charge is 0.236 e. The summed E-state index contributed by atoms with van der Waals surface area (Å²) in [6.45, 7) is 3.67. The lowest BCUT2D eigenvalue weighted by molar-refractivity contribution is -0.116. The summed E-state index contributed by atoms with van der Waals surface area (Å²) in [5, 5.41) is 0. The van der Waals surface area contributed by atoms with Crippen LogP contribution in [0.1, 0.15) is 25.3 Å². The third-order valence-electron chi connectivity index (χ3n) is 2.68. The molecule has 1 amide bonds. The number of carbonyl (C=O) groups excluding carboxylic acids is 1. The number of para-hydroxylation sites is 1. The molecule has 0 saturated carbocycles. The minimum absolute atomic E-state index is 0.247. The van der Waals surface area contributed by atoms with E-state index in [9.17, 15) is 4.79 Å². The minimum Gasteiger partial charge on any atom is -0.368 e. The molecule has 1 aromatic rings. The van der Waals surface area contributed by atoms with Crippen molar-refractivity contribution in [1.82, 2.24) is 0 Å². The van der Waals surface area contributed by atoms with E-state index in [1.54, 1.807) is 0 Å². The second-order valence-corrected chi connectivity index (χ2v) is 4.07. The lowest BCUT2D eigenvalue weighted by Crippen LogP contribution is -2.35. The number of carbonyl (C=O) groups is 1. The fraction of sp³-hybridized carbons (Fsp3) is 0.462. The third kappa shape index (κ3) is 4.07. The van der Waals surface area contributed by atoms with Crippen LogP contribution in [0.25, 0.3) is 0 Å². The van der Waals surface area contributed by atoms with Crippen molar-refractivity contribution >= 4 is 11.6 Å². The van der Waals surface area contributed by atoms with Gasteiger partial charge in [-0.3, -0.25) is 4.79 Å². The number of amides is 1. The highest BCUT2D eigenvalue weighted by Gasteiger charge is 2.11. The summed E-state index contributed by atoms with van der Waals surface area (Å²) in [4.78, 5) is 13.1. The lowest BCUT2D eigenvalue weighted by atomic mass is 10.1. The van der Waals surface area contributed by atoms with Gasteiger partial charge in [-0.15, -0.1) is 0 Å². The van der Waals surface area contributed by atoms with E-state index < -0.39 is 0 Å². The van der Waals surface area contributed by atoms with Gasteiger partial charge in [-0.05, 0) is 18.1 Å². The molecule has 0 bridgehead atoms. The standard InChI is InChI=1S/C13H21N3O/c1-2-3-8-16(10-13(15)17)12-7-5-4-6-11(12)9-14/h4-7H,2-3,8-10,14H2,1H3,(H2,15,17). The number of unbranched alkanes of at least 4 members (excludes halogenated alkanes) is 1. The van der Waals surface area contributed by atoms with Crippen molar-refractivity contribution in [2.75, 3.05) is 18.0 Å². The van der Waals surface area contributed by atoms with E-state index >= 15 is 0 Å². The quantitative estimate of drug-likeness (QED) is 0.746. The summed E-state index contributed by atoms with van der Waals surface area (Å²) in [5.74, 6) is -0.312. The number of anilines is 1. The molecule has 0 atom stereocenters. The first kappa shape index (κ1) is 13.5. The van der Waals surface area contributed by atoms with Crippen LogP contribution in [0.3, 0.4) is 0 Å². The highest BCUT2D eigenvalue weighted by Crippen LogP contribution is 2.20. The van der Waals surface area contributed by atoms with Crippen molar-refractivity contribution in [3.8, 4) is 0 Å². The highest BCUT2D eigenvalue weighted by atomic mass is 16.1. The number of hydrogen-bond acceptors (Lipinski definition) is 3. The van der Waals surface area contributed by atoms with E-state index in [0.717, 1.165) is 30.6 Å². The van der Waals surface area contributed by atoms with Gasteiger partial charge in [-0.1, -0.05) is 31.5 Å². The molecule has 0 aliphatic carbocycles. The molecule has 4 heteroatoms. The Morgan fingerprint density at radius 1 is 1.35 bits per heavy atom. The number of nitrogens with zero attached hydrogens (tertiary/aromatic N) is 1. The van der Waals surface area contributed by atoms with Crippen LogP contribution in [0.5, 0.6) is 0 Å². The molecule has 0 aromatic heterocycles. The van der Waals surface area contributed by atoms with E-state index in [4.69, 9.17) is 11.5 Å². The number of hydrogen-bond donors (Lipinski definition) is 2. The maximum absolute atomic E-state index is 11.1. The summed E-state index contributed by atoms with van der Waals surface area (Å²) in [6.07, 6.45) is 2.12. The van der Waals surface area contributed by atoms with E-state index in [1.165, 1.54) is 0 Å². The summed E-state index contributed by atoms with van der Waals surface area (Å²) >= 11 is 0. The third-order valence-corrected chi connectivity index (χ3v) is 2.68. The lowest BCUT2D eigenvalue weighted by Gasteiger charge is -2.25. The Labute approximate surface area is 103 Å². The Bertz CT molecular complexity index is 365. The van der Waals surface area contributed by atoms with Gasteiger partial charge in [0.05, 0.1) is 6.54 Å². The number of rotatable bonds is 7. The molecule has 0 spiro atoms. The van der Waals surface area contributed by atoms with E-state index in [1.807, 2.05) is 29.2 Å². The molecule has 0 unspecified atom stereocenters. The van der Waals surface area contributed by atoms with Gasteiger partial charge in [0.1, 0.15) is 0 Å². The second kappa shape index (κ2) is 6.91. The van der Waals surface area contributed by atoms with Crippen LogP contribution in [-0.2, 0) is 11.3 Å². The van der Waals surface area contributed by atoms with E-state index in [0.29, 0.717) is 6.54 Å². The van der Waals surface area contributed by atoms with Crippen molar-refractivity contribution in [3.63, 3.8) is 0 Å². The van der Waals surface area contributed by atoms with Gasteiger partial charge in [-0.25, -0.2) is 0 Å². The van der Waals surface area contributed by atoms with Crippen molar-refractivity contribution in [3.05, 3.63) is 29.8 Å². The topological polar surface area (TPSA) is 72.3 Å². The van der Waals surface area contributed by atoms with Gasteiger partial charge in [0, 0.05) is 18.8 Å². The van der Waals surface area contributed by atoms with Gasteiger partial charge >= 0.3 is 0 Å². The predicted molar refractivity (Wildman–Crippen MR) is 70.6 cm³/mol. The number of nitrogens with two attached hydrogens (primary N) is 2. The Balaban J connectivity index is 2.90. The second-order valence-electron chi connectivity index (χ2n) is 4.07. The van der Waals surface area contributed by atoms with Crippen LogP contribution in [0.15, 0.2) is 24.3 Å². The van der Waals surface area contributed by atoms with Crippen molar-refractivity contribution < 1.29 is 4.79 Å². The Morgan fingerprint density at radius 2 is 2.06 bits per heavy atom. The molecule has 0 aliphatic rings. The van der Waals surface area contributed by atoms with Gasteiger partial charge in [0.2, 0.25) is 5.91 Å². The Kier molecular flexibility index (Phi) is 5.49. The molecule has 0 radical (unpaired) electrons. The van der Waals surface area contributed by atoms with Crippen LogP contribution in [0, 0.1) is 0 Å². The molecule has 1 aromatic carbocycles. The maximum Gasteiger partial charge on any atom is 0.236 e. The number of benzene rings is 1. The van der Waals surface area contributed by atoms with Crippen molar-refractivity contribution in [2.45, 2.75) is 26.3 Å². The first-order valence-electron chi connectivity index (χ1n) is 6.00. The first-order chi connectivity index (χ1) is 8.19. The summed E-state index contributed by atoms with van der Waals surface area (Å²) in [6, 6.07) is 7.87. The Morgan fingerprint density at radius 3 is 2.65 bits per heavy atom. The molecule has 0 heterocycles. The summed E-state index contributed by atoms with van der Waals surface area (Å²) in [7, 11) is 0. The van der Waals surface area contributed by atoms with Gasteiger partial charge < -0.3 is 16.4 Å². The largest absolute Gasteiger partial charge is 0.368 e. The normalized spacial score (nSPS) is 10.2. The van der Waals surface area contributed by atoms with Crippen LogP contribution in [0.2, 0.25) is 0 Å². The SMILES string of the molecule is CCCCN(CC(N)=O)c1ccccc1CN. The molecule has 17 heavy (non-hydrogen) atoms. The average Bonchev–Trinajstić information content (AvgIpc) is 2.34. The number of primary amides is 1. The molecule has 0 aliphatic heterocycles. The van der Waals surface area contributed by atoms with Crippen molar-refractivity contribution in [1.29, 1.82) is 0 Å². The highest BCUT2D eigenvalue weighted by molar-refractivity contribution is 5.79. The zero-order chi connectivity index (χ0) is 12.7. The van der Waals surface area contributed by atoms with Gasteiger partial charge in [0.25, 0.3) is 0 Å². The zero-order valence-electron chi connectivity index (χ0n) is 10.4. The van der Waals surface area contributed by atoms with Gasteiger partial charge in [-0.2, -0.15) is 0 Å². The molecule has 1 rings (SSSR count). The zero-order valence-corrected chi connectivity index (χ0v) is 10.4. The Hall–Kier alpha value is -1.55. The minimum atomic E-state index is -0.312. The predicted octanol–water partition coefficient (Wildman–Crippen LogP) is 1.24. The molecule has 0 saturated heterocycles. The van der Waals surface area contributed by atoms with E-state index in [-0.39, 0.29) is 12.5 Å². The molecular weight excluding hydrogens is 214 g/mol. The monoisotopic (exact) mass is 235 g/mol. The van der Waals surface area contributed by atoms with Crippen LogP contribution < -0.4 is 16.4 Å². The fourth-order valence-corrected chi connectivity index (χ4v) is 1.81. The maximum atomic E-state index is 11.1. The molecule has 0 fully saturated rings. The average molecular weight is 235 g/mol. The van der Waals surface area contributed by atoms with Gasteiger partial charge in [0.15, 0.2) is 0 Å². The molecular formula is C13H21N3O. The van der Waals surface area contributed by atoms with E-state index in [2.05, 4.69) is 6.92 Å². The summed E-state index contributed by atoms with van der Waals surface area (Å²) < 4.78 is 0. The summed E-state index contributed by atoms with van der Waals surface area (Å²) in [5.41, 5.74) is 13.0. The van der Waals surface area contributed by atoms with Crippen molar-refractivity contribution in [2.24, 2.45) is 11.5 Å². The molecule has 4 N–H and O–H groups in total. The van der Waals surface area contributed by atoms with Crippen LogP contribution in [-0.4, -0.2) is 19.0 Å². The van der Waals surface area contributed by atoms with Crippen LogP contribution in [0.4, 0.5) is 5.69 Å². The molecule has 94 valence electrons. The van der Waals surface area contributed by atoms with Crippen LogP contribution >= 0.6 is 0 Å². The fourth-order valence-electron chi connectivity index (χ4n) is 1.81. The molecule has 4 nitrogen and oxygen atoms in total.